The summed E-state index contributed by atoms with van der Waals surface area (Å²) in [6.07, 6.45) is 5.16. The topological polar surface area (TPSA) is 90.6 Å². The maximum atomic E-state index is 8.35. The summed E-state index contributed by atoms with van der Waals surface area (Å²) in [6.45, 7) is 15.3. The molecule has 6 nitrogen and oxygen atoms in total. The van der Waals surface area contributed by atoms with Gasteiger partial charge in [0.1, 0.15) is 6.42 Å². The third-order valence-corrected chi connectivity index (χ3v) is 1.36. The molecule has 0 aromatic heterocycles. The molecule has 2 N–H and O–H groups in total. The molecular weight excluding hydrogens is 208 g/mol. The van der Waals surface area contributed by atoms with E-state index in [1.165, 1.54) is 0 Å². The lowest BCUT2D eigenvalue weighted by Crippen LogP contribution is -1.92. The smallest absolute Gasteiger partial charge is 0.233 e. The standard InChI is InChI=1S/C8H12N2.2CHNO/c1-4-5-6-7-8(9-2)10-3;2*2-1-3/h8H,4-7H2,1H3;2*2H. The molecule has 0 unspecified atom stereocenters. The predicted octanol–water partition coefficient (Wildman–Crippen LogP) is 2.53. The zero-order chi connectivity index (χ0) is 13.2. The maximum absolute atomic E-state index is 8.35. The van der Waals surface area contributed by atoms with E-state index >= 15 is 0 Å². The molecular formula is C10H14N4O2. The Balaban J connectivity index is -0.000000235. The van der Waals surface area contributed by atoms with Crippen LogP contribution in [0.5, 0.6) is 0 Å². The molecule has 0 spiro atoms. The Kier molecular flexibility index (Phi) is 27.8. The van der Waals surface area contributed by atoms with Crippen molar-refractivity contribution in [2.45, 2.75) is 38.8 Å². The van der Waals surface area contributed by atoms with Crippen molar-refractivity contribution >= 4 is 12.2 Å². The van der Waals surface area contributed by atoms with Gasteiger partial charge in [0.15, 0.2) is 0 Å². The zero-order valence-corrected chi connectivity index (χ0v) is 9.12. The van der Waals surface area contributed by atoms with Crippen molar-refractivity contribution in [2.24, 2.45) is 0 Å². The second-order valence-corrected chi connectivity index (χ2v) is 2.44. The lowest BCUT2D eigenvalue weighted by Gasteiger charge is -1.91. The van der Waals surface area contributed by atoms with Crippen LogP contribution in [0.15, 0.2) is 0 Å². The fourth-order valence-electron chi connectivity index (χ4n) is 0.735. The van der Waals surface area contributed by atoms with Crippen molar-refractivity contribution in [3.8, 4) is 0 Å². The van der Waals surface area contributed by atoms with Gasteiger partial charge in [-0.1, -0.05) is 19.8 Å². The molecule has 0 aromatic rings. The number of isocyanates is 2. The highest BCUT2D eigenvalue weighted by Gasteiger charge is 2.12. The Bertz CT molecular complexity index is 263. The first kappa shape index (κ1) is 19.3. The minimum atomic E-state index is -0.411. The second kappa shape index (κ2) is 23.0. The predicted molar refractivity (Wildman–Crippen MR) is 58.0 cm³/mol. The SMILES string of the molecule is N=C=O.N=C=O.[C-]#[N+]C(CCCCC)[N+]#[C-]. The van der Waals surface area contributed by atoms with Crippen molar-refractivity contribution in [2.75, 3.05) is 0 Å². The molecule has 6 heteroatoms. The van der Waals surface area contributed by atoms with E-state index in [4.69, 9.17) is 33.6 Å². The number of nitrogens with zero attached hydrogens (tertiary/aromatic N) is 2. The van der Waals surface area contributed by atoms with E-state index in [2.05, 4.69) is 16.6 Å². The first-order chi connectivity index (χ1) is 7.67. The lowest BCUT2D eigenvalue weighted by molar-refractivity contribution is 0.562. The summed E-state index contributed by atoms with van der Waals surface area (Å²) < 4.78 is 0. The van der Waals surface area contributed by atoms with Crippen LogP contribution in [-0.2, 0) is 9.59 Å². The Labute approximate surface area is 94.9 Å². The third-order valence-electron chi connectivity index (χ3n) is 1.36. The normalized spacial score (nSPS) is 6.50. The summed E-state index contributed by atoms with van der Waals surface area (Å²) in [5, 5.41) is 10.8. The van der Waals surface area contributed by atoms with Crippen LogP contribution in [0.3, 0.4) is 0 Å². The van der Waals surface area contributed by atoms with Crippen molar-refractivity contribution in [1.29, 1.82) is 10.8 Å². The van der Waals surface area contributed by atoms with E-state index < -0.39 is 6.17 Å². The van der Waals surface area contributed by atoms with Gasteiger partial charge in [-0.05, 0) is 6.42 Å². The van der Waals surface area contributed by atoms with Crippen LogP contribution in [0.1, 0.15) is 32.6 Å². The Morgan fingerprint density at radius 2 is 1.50 bits per heavy atom. The van der Waals surface area contributed by atoms with Crippen molar-refractivity contribution in [1.82, 2.24) is 0 Å². The van der Waals surface area contributed by atoms with Gasteiger partial charge in [-0.25, -0.2) is 43.2 Å². The summed E-state index contributed by atoms with van der Waals surface area (Å²) in [4.78, 5) is 23.0. The second-order valence-electron chi connectivity index (χ2n) is 2.44. The van der Waals surface area contributed by atoms with Crippen molar-refractivity contribution in [3.63, 3.8) is 0 Å². The lowest BCUT2D eigenvalue weighted by atomic mass is 10.2. The monoisotopic (exact) mass is 222 g/mol. The van der Waals surface area contributed by atoms with Crippen LogP contribution in [-0.4, -0.2) is 18.3 Å². The van der Waals surface area contributed by atoms with E-state index in [9.17, 15) is 0 Å². The van der Waals surface area contributed by atoms with Crippen LogP contribution >= 0.6 is 0 Å². The molecule has 86 valence electrons. The highest BCUT2D eigenvalue weighted by atomic mass is 16.1. The molecule has 0 aliphatic carbocycles. The van der Waals surface area contributed by atoms with Gasteiger partial charge < -0.3 is 0 Å². The van der Waals surface area contributed by atoms with Gasteiger partial charge >= 0.3 is 6.17 Å². The van der Waals surface area contributed by atoms with E-state index in [0.717, 1.165) is 37.8 Å². The van der Waals surface area contributed by atoms with Gasteiger partial charge in [0.2, 0.25) is 12.2 Å². The van der Waals surface area contributed by atoms with Gasteiger partial charge in [-0.3, -0.25) is 0 Å². The van der Waals surface area contributed by atoms with E-state index in [1.54, 1.807) is 0 Å². The van der Waals surface area contributed by atoms with Crippen LogP contribution in [0.25, 0.3) is 9.69 Å². The summed E-state index contributed by atoms with van der Waals surface area (Å²) in [5.74, 6) is 0. The number of rotatable bonds is 4. The minimum absolute atomic E-state index is 0.411. The van der Waals surface area contributed by atoms with Gasteiger partial charge in [-0.2, -0.15) is 0 Å². The average molecular weight is 222 g/mol. The molecule has 0 aromatic carbocycles. The molecule has 0 amide bonds. The molecule has 0 rings (SSSR count). The van der Waals surface area contributed by atoms with Crippen LogP contribution in [0, 0.1) is 24.0 Å². The number of hydrogen-bond donors (Lipinski definition) is 2. The highest BCUT2D eigenvalue weighted by Crippen LogP contribution is 2.06. The molecule has 0 atom stereocenters. The average Bonchev–Trinajstić information content (AvgIpc) is 2.27. The van der Waals surface area contributed by atoms with Crippen LogP contribution < -0.4 is 0 Å². The Morgan fingerprint density at radius 1 is 1.12 bits per heavy atom. The fraction of sp³-hybridized carbons (Fsp3) is 0.600. The van der Waals surface area contributed by atoms with E-state index in [0.29, 0.717) is 0 Å². The van der Waals surface area contributed by atoms with E-state index in [1.807, 2.05) is 0 Å². The summed E-state index contributed by atoms with van der Waals surface area (Å²) >= 11 is 0. The molecule has 0 bridgehead atoms. The minimum Gasteiger partial charge on any atom is -0.233 e. The van der Waals surface area contributed by atoms with Gasteiger partial charge in [0.05, 0.1) is 0 Å². The Hall–Kier alpha value is -2.26. The summed E-state index contributed by atoms with van der Waals surface area (Å²) in [7, 11) is 0. The van der Waals surface area contributed by atoms with Gasteiger partial charge in [-0.15, -0.1) is 0 Å². The highest BCUT2D eigenvalue weighted by molar-refractivity contribution is 5.26. The molecule has 0 saturated heterocycles. The summed E-state index contributed by atoms with van der Waals surface area (Å²) in [6, 6.07) is 0. The molecule has 0 radical (unpaired) electrons. The molecule has 0 saturated carbocycles. The largest absolute Gasteiger partial charge is 0.474 e. The van der Waals surface area contributed by atoms with Crippen LogP contribution in [0.2, 0.25) is 0 Å². The first-order valence-corrected chi connectivity index (χ1v) is 4.49. The number of hydrogen-bond acceptors (Lipinski definition) is 4. The fourth-order valence-corrected chi connectivity index (χ4v) is 0.735. The first-order valence-electron chi connectivity index (χ1n) is 4.49. The molecule has 0 aliphatic rings. The third kappa shape index (κ3) is 29.8. The molecule has 0 fully saturated rings. The molecule has 0 aliphatic heterocycles. The van der Waals surface area contributed by atoms with Crippen LogP contribution in [0.4, 0.5) is 0 Å². The number of carbonyl (C=O) groups excluding carboxylic acids is 2. The Morgan fingerprint density at radius 3 is 1.75 bits per heavy atom. The molecule has 0 heterocycles. The summed E-state index contributed by atoms with van der Waals surface area (Å²) in [5.41, 5.74) is 0. The number of nitrogens with one attached hydrogen (secondary N) is 2. The number of unbranched alkanes of at least 4 members (excludes halogenated alkanes) is 2. The van der Waals surface area contributed by atoms with Gasteiger partial charge in [0.25, 0.3) is 0 Å². The maximum Gasteiger partial charge on any atom is 0.474 e. The molecule has 16 heavy (non-hydrogen) atoms. The van der Waals surface area contributed by atoms with Crippen molar-refractivity contribution < 1.29 is 9.59 Å². The van der Waals surface area contributed by atoms with E-state index in [-0.39, 0.29) is 0 Å². The quantitative estimate of drug-likeness (QED) is 0.331. The van der Waals surface area contributed by atoms with Crippen molar-refractivity contribution in [3.05, 3.63) is 22.8 Å². The zero-order valence-electron chi connectivity index (χ0n) is 9.12. The van der Waals surface area contributed by atoms with Gasteiger partial charge in [0, 0.05) is 0 Å².